The molecule has 2 amide bonds. The number of aromatic nitrogens is 2. The molecule has 0 aliphatic carbocycles. The van der Waals surface area contributed by atoms with Crippen molar-refractivity contribution in [2.45, 2.75) is 0 Å². The van der Waals surface area contributed by atoms with E-state index in [1.54, 1.807) is 45.5 Å². The Morgan fingerprint density at radius 2 is 1.96 bits per heavy atom. The van der Waals surface area contributed by atoms with Gasteiger partial charge in [0.15, 0.2) is 5.82 Å². The quantitative estimate of drug-likeness (QED) is 0.784. The summed E-state index contributed by atoms with van der Waals surface area (Å²) in [5.74, 6) is 0.871. The Labute approximate surface area is 144 Å². The second-order valence-corrected chi connectivity index (χ2v) is 5.36. The lowest BCUT2D eigenvalue weighted by atomic mass is 10.3. The minimum Gasteiger partial charge on any atom is -0.371 e. The summed E-state index contributed by atoms with van der Waals surface area (Å²) < 4.78 is 0. The number of nitrogens with one attached hydrogen (secondary N) is 3. The van der Waals surface area contributed by atoms with Crippen LogP contribution in [0, 0.1) is 0 Å². The van der Waals surface area contributed by atoms with E-state index in [9.17, 15) is 4.79 Å². The van der Waals surface area contributed by atoms with Crippen LogP contribution in [0.4, 0.5) is 27.9 Å². The van der Waals surface area contributed by atoms with E-state index in [4.69, 9.17) is 23.2 Å². The molecule has 0 unspecified atom stereocenters. The molecule has 2 aromatic rings. The number of rotatable bonds is 4. The van der Waals surface area contributed by atoms with Crippen molar-refractivity contribution in [1.82, 2.24) is 15.3 Å². The fraction of sp³-hybridized carbons (Fsp3) is 0.214. The van der Waals surface area contributed by atoms with Gasteiger partial charge in [-0.2, -0.15) is 4.98 Å². The molecule has 122 valence electrons. The number of halogens is 2. The Morgan fingerprint density at radius 1 is 1.22 bits per heavy atom. The number of carbonyl (C=O) groups excluding carboxylic acids is 1. The minimum absolute atomic E-state index is 0.268. The van der Waals surface area contributed by atoms with Crippen molar-refractivity contribution in [3.8, 4) is 0 Å². The first-order valence-electron chi connectivity index (χ1n) is 6.68. The smallest absolute Gasteiger partial charge is 0.321 e. The SMILES string of the molecule is CNC(=O)N(C)c1cnc(Nc2ccc(Cl)c(Cl)c2)nc1NC. The zero-order valence-corrected chi connectivity index (χ0v) is 14.3. The van der Waals surface area contributed by atoms with Crippen molar-refractivity contribution in [3.05, 3.63) is 34.4 Å². The molecule has 3 N–H and O–H groups in total. The predicted octanol–water partition coefficient (Wildman–Crippen LogP) is 3.34. The number of amides is 2. The summed E-state index contributed by atoms with van der Waals surface area (Å²) >= 11 is 11.9. The molecule has 0 aliphatic rings. The van der Waals surface area contributed by atoms with E-state index in [0.717, 1.165) is 0 Å². The topological polar surface area (TPSA) is 82.2 Å². The van der Waals surface area contributed by atoms with Crippen LogP contribution in [0.2, 0.25) is 10.0 Å². The van der Waals surface area contributed by atoms with Gasteiger partial charge in [-0.25, -0.2) is 9.78 Å². The summed E-state index contributed by atoms with van der Waals surface area (Å²) in [6.45, 7) is 0. The predicted molar refractivity (Wildman–Crippen MR) is 94.2 cm³/mol. The van der Waals surface area contributed by atoms with Crippen molar-refractivity contribution in [1.29, 1.82) is 0 Å². The molecule has 1 aromatic carbocycles. The molecule has 0 bridgehead atoms. The standard InChI is InChI=1S/C14H16Cl2N6O/c1-17-12-11(22(3)14(23)18-2)7-19-13(21-12)20-8-4-5-9(15)10(16)6-8/h4-7H,1-3H3,(H,18,23)(H2,17,19,20,21). The summed E-state index contributed by atoms with van der Waals surface area (Å²) in [5, 5.41) is 9.42. The maximum Gasteiger partial charge on any atom is 0.321 e. The molecule has 0 radical (unpaired) electrons. The Bertz CT molecular complexity index is 724. The largest absolute Gasteiger partial charge is 0.371 e. The monoisotopic (exact) mass is 354 g/mol. The molecule has 0 spiro atoms. The number of benzene rings is 1. The maximum absolute atomic E-state index is 11.7. The fourth-order valence-corrected chi connectivity index (χ4v) is 2.14. The van der Waals surface area contributed by atoms with Crippen LogP contribution in [0.15, 0.2) is 24.4 Å². The third-order valence-electron chi connectivity index (χ3n) is 3.06. The lowest BCUT2D eigenvalue weighted by Gasteiger charge is -2.19. The lowest BCUT2D eigenvalue weighted by Crippen LogP contribution is -2.35. The summed E-state index contributed by atoms with van der Waals surface area (Å²) in [6, 6.07) is 4.85. The molecule has 0 saturated heterocycles. The van der Waals surface area contributed by atoms with Gasteiger partial charge in [-0.05, 0) is 18.2 Å². The molecule has 1 aromatic heterocycles. The average Bonchev–Trinajstić information content (AvgIpc) is 2.56. The first-order chi connectivity index (χ1) is 11.0. The molecule has 0 aliphatic heterocycles. The number of urea groups is 1. The van der Waals surface area contributed by atoms with Crippen LogP contribution in [-0.4, -0.2) is 37.1 Å². The van der Waals surface area contributed by atoms with Crippen LogP contribution in [0.25, 0.3) is 0 Å². The molecule has 2 rings (SSSR count). The minimum atomic E-state index is -0.268. The molecule has 1 heterocycles. The van der Waals surface area contributed by atoms with E-state index in [-0.39, 0.29) is 6.03 Å². The second kappa shape index (κ2) is 7.34. The third-order valence-corrected chi connectivity index (χ3v) is 3.80. The van der Waals surface area contributed by atoms with Gasteiger partial charge in [-0.1, -0.05) is 23.2 Å². The second-order valence-electron chi connectivity index (χ2n) is 4.55. The molecule has 7 nitrogen and oxygen atoms in total. The Balaban J connectivity index is 2.27. The van der Waals surface area contributed by atoms with Crippen LogP contribution in [-0.2, 0) is 0 Å². The zero-order chi connectivity index (χ0) is 17.0. The summed E-state index contributed by atoms with van der Waals surface area (Å²) in [4.78, 5) is 21.7. The highest BCUT2D eigenvalue weighted by Gasteiger charge is 2.15. The van der Waals surface area contributed by atoms with E-state index < -0.39 is 0 Å². The van der Waals surface area contributed by atoms with Gasteiger partial charge in [0.1, 0.15) is 5.69 Å². The van der Waals surface area contributed by atoms with Crippen LogP contribution >= 0.6 is 23.2 Å². The van der Waals surface area contributed by atoms with Crippen molar-refractivity contribution >= 4 is 52.4 Å². The van der Waals surface area contributed by atoms with E-state index in [0.29, 0.717) is 33.2 Å². The van der Waals surface area contributed by atoms with E-state index in [1.165, 1.54) is 4.90 Å². The van der Waals surface area contributed by atoms with E-state index in [2.05, 4.69) is 25.9 Å². The summed E-state index contributed by atoms with van der Waals surface area (Å²) in [7, 11) is 4.90. The highest BCUT2D eigenvalue weighted by atomic mass is 35.5. The average molecular weight is 355 g/mol. The number of hydrogen-bond acceptors (Lipinski definition) is 5. The van der Waals surface area contributed by atoms with Gasteiger partial charge in [0.05, 0.1) is 16.2 Å². The van der Waals surface area contributed by atoms with Gasteiger partial charge in [0.25, 0.3) is 0 Å². The van der Waals surface area contributed by atoms with Gasteiger partial charge in [0.2, 0.25) is 5.95 Å². The van der Waals surface area contributed by atoms with Gasteiger partial charge in [-0.3, -0.25) is 4.90 Å². The van der Waals surface area contributed by atoms with E-state index >= 15 is 0 Å². The Kier molecular flexibility index (Phi) is 5.46. The molecular formula is C14H16Cl2N6O. The van der Waals surface area contributed by atoms with Gasteiger partial charge < -0.3 is 16.0 Å². The zero-order valence-electron chi connectivity index (χ0n) is 12.8. The molecule has 0 fully saturated rings. The molecule has 0 atom stereocenters. The van der Waals surface area contributed by atoms with Gasteiger partial charge in [0, 0.05) is 26.8 Å². The molecule has 23 heavy (non-hydrogen) atoms. The molecule has 0 saturated carbocycles. The van der Waals surface area contributed by atoms with E-state index in [1.807, 2.05) is 0 Å². The molecule has 9 heteroatoms. The van der Waals surface area contributed by atoms with Crippen molar-refractivity contribution in [2.24, 2.45) is 0 Å². The van der Waals surface area contributed by atoms with Gasteiger partial charge in [-0.15, -0.1) is 0 Å². The van der Waals surface area contributed by atoms with Gasteiger partial charge >= 0.3 is 6.03 Å². The van der Waals surface area contributed by atoms with Crippen molar-refractivity contribution in [2.75, 3.05) is 36.7 Å². The Hall–Kier alpha value is -2.25. The van der Waals surface area contributed by atoms with Crippen molar-refractivity contribution < 1.29 is 4.79 Å². The number of hydrogen-bond donors (Lipinski definition) is 3. The Morgan fingerprint density at radius 3 is 2.57 bits per heavy atom. The third kappa shape index (κ3) is 3.94. The number of nitrogens with zero attached hydrogens (tertiary/aromatic N) is 3. The first-order valence-corrected chi connectivity index (χ1v) is 7.44. The van der Waals surface area contributed by atoms with Crippen molar-refractivity contribution in [3.63, 3.8) is 0 Å². The highest BCUT2D eigenvalue weighted by molar-refractivity contribution is 6.42. The lowest BCUT2D eigenvalue weighted by molar-refractivity contribution is 0.249. The highest BCUT2D eigenvalue weighted by Crippen LogP contribution is 2.28. The number of carbonyl (C=O) groups is 1. The number of anilines is 4. The summed E-state index contributed by atoms with van der Waals surface area (Å²) in [6.07, 6.45) is 1.55. The first kappa shape index (κ1) is 17.1. The van der Waals surface area contributed by atoms with Crippen LogP contribution in [0.5, 0.6) is 0 Å². The van der Waals surface area contributed by atoms with Crippen LogP contribution < -0.4 is 20.9 Å². The maximum atomic E-state index is 11.7. The fourth-order valence-electron chi connectivity index (χ4n) is 1.85. The van der Waals surface area contributed by atoms with Crippen LogP contribution in [0.1, 0.15) is 0 Å². The normalized spacial score (nSPS) is 10.1. The molecular weight excluding hydrogens is 339 g/mol. The summed E-state index contributed by atoms with van der Waals surface area (Å²) in [5.41, 5.74) is 1.25. The van der Waals surface area contributed by atoms with Crippen LogP contribution in [0.3, 0.4) is 0 Å².